The molecular weight excluding hydrogens is 326 g/mol. The zero-order valence-corrected chi connectivity index (χ0v) is 13.6. The van der Waals surface area contributed by atoms with E-state index in [1.165, 1.54) is 0 Å². The molecule has 0 atom stereocenters. The molecule has 5 heteroatoms. The van der Waals surface area contributed by atoms with Crippen molar-refractivity contribution in [3.63, 3.8) is 0 Å². The summed E-state index contributed by atoms with van der Waals surface area (Å²) in [5.41, 5.74) is 2.14. The lowest BCUT2D eigenvalue weighted by Gasteiger charge is -2.20. The van der Waals surface area contributed by atoms with Gasteiger partial charge in [-0.25, -0.2) is 4.68 Å². The van der Waals surface area contributed by atoms with Gasteiger partial charge in [-0.3, -0.25) is 0 Å². The van der Waals surface area contributed by atoms with Gasteiger partial charge in [0.2, 0.25) is 0 Å². The number of hydrogen-bond donors (Lipinski definition) is 1. The zero-order valence-electron chi connectivity index (χ0n) is 11.2. The fraction of sp³-hybridized carbons (Fsp3) is 0.357. The number of nitrogens with one attached hydrogen (secondary N) is 1. The van der Waals surface area contributed by atoms with Crippen LogP contribution in [0.1, 0.15) is 26.3 Å². The first-order valence-corrected chi connectivity index (χ1v) is 7.26. The summed E-state index contributed by atoms with van der Waals surface area (Å²) in [7, 11) is 0. The quantitative estimate of drug-likeness (QED) is 0.907. The van der Waals surface area contributed by atoms with Crippen LogP contribution in [0.5, 0.6) is 0 Å². The van der Waals surface area contributed by atoms with Crippen LogP contribution in [0.15, 0.2) is 35.1 Å². The first kappa shape index (κ1) is 14.6. The van der Waals surface area contributed by atoms with E-state index in [1.807, 2.05) is 18.3 Å². The Balaban J connectivity index is 2.18. The van der Waals surface area contributed by atoms with Crippen LogP contribution in [-0.4, -0.2) is 15.3 Å². The van der Waals surface area contributed by atoms with Gasteiger partial charge >= 0.3 is 0 Å². The summed E-state index contributed by atoms with van der Waals surface area (Å²) >= 11 is 9.70. The van der Waals surface area contributed by atoms with Gasteiger partial charge in [-0.05, 0) is 54.4 Å². The molecule has 0 aliphatic rings. The monoisotopic (exact) mass is 341 g/mol. The van der Waals surface area contributed by atoms with E-state index in [0.717, 1.165) is 22.3 Å². The topological polar surface area (TPSA) is 29.9 Å². The van der Waals surface area contributed by atoms with E-state index in [1.54, 1.807) is 10.9 Å². The fourth-order valence-corrected chi connectivity index (χ4v) is 2.22. The van der Waals surface area contributed by atoms with Crippen LogP contribution in [0.2, 0.25) is 5.02 Å². The molecule has 19 heavy (non-hydrogen) atoms. The van der Waals surface area contributed by atoms with E-state index in [0.29, 0.717) is 5.02 Å². The lowest BCUT2D eigenvalue weighted by atomic mass is 10.1. The number of hydrogen-bond acceptors (Lipinski definition) is 2. The van der Waals surface area contributed by atoms with Gasteiger partial charge in [0.1, 0.15) is 0 Å². The Morgan fingerprint density at radius 3 is 2.63 bits per heavy atom. The summed E-state index contributed by atoms with van der Waals surface area (Å²) in [6.45, 7) is 7.23. The van der Waals surface area contributed by atoms with E-state index in [4.69, 9.17) is 11.6 Å². The smallest absolute Gasteiger partial charge is 0.0832 e. The first-order chi connectivity index (χ1) is 8.85. The molecule has 0 unspecified atom stereocenters. The number of nitrogens with zero attached hydrogens (tertiary/aromatic N) is 2. The third-order valence-electron chi connectivity index (χ3n) is 2.63. The highest BCUT2D eigenvalue weighted by Gasteiger charge is 2.10. The molecule has 0 aliphatic heterocycles. The Kier molecular flexibility index (Phi) is 4.33. The molecule has 2 rings (SSSR count). The van der Waals surface area contributed by atoms with Crippen molar-refractivity contribution in [1.82, 2.24) is 15.1 Å². The molecule has 102 valence electrons. The molecule has 0 saturated carbocycles. The first-order valence-electron chi connectivity index (χ1n) is 6.09. The third kappa shape index (κ3) is 4.06. The Morgan fingerprint density at radius 2 is 2.11 bits per heavy atom. The normalized spacial score (nSPS) is 11.8. The minimum Gasteiger partial charge on any atom is -0.308 e. The molecule has 0 fully saturated rings. The number of rotatable bonds is 3. The van der Waals surface area contributed by atoms with Crippen molar-refractivity contribution < 1.29 is 0 Å². The van der Waals surface area contributed by atoms with Crippen LogP contribution in [0, 0.1) is 0 Å². The Labute approximate surface area is 127 Å². The number of halogens is 2. The van der Waals surface area contributed by atoms with Gasteiger partial charge in [0, 0.05) is 18.3 Å². The maximum absolute atomic E-state index is 6.32. The van der Waals surface area contributed by atoms with Crippen molar-refractivity contribution in [2.45, 2.75) is 32.9 Å². The van der Waals surface area contributed by atoms with Crippen molar-refractivity contribution in [3.05, 3.63) is 45.7 Å². The molecule has 0 bridgehead atoms. The second-order valence-corrected chi connectivity index (χ2v) is 6.82. The zero-order chi connectivity index (χ0) is 14.0. The van der Waals surface area contributed by atoms with Crippen LogP contribution < -0.4 is 5.32 Å². The van der Waals surface area contributed by atoms with Gasteiger partial charge in [0.15, 0.2) is 0 Å². The highest BCUT2D eigenvalue weighted by atomic mass is 79.9. The molecule has 0 aliphatic carbocycles. The summed E-state index contributed by atoms with van der Waals surface area (Å²) in [5.74, 6) is 0. The van der Waals surface area contributed by atoms with E-state index < -0.39 is 0 Å². The van der Waals surface area contributed by atoms with Gasteiger partial charge in [0.05, 0.1) is 21.4 Å². The fourth-order valence-electron chi connectivity index (χ4n) is 1.65. The predicted octanol–water partition coefficient (Wildman–Crippen LogP) is 4.18. The molecule has 1 N–H and O–H groups in total. The second-order valence-electron chi connectivity index (χ2n) is 5.49. The highest BCUT2D eigenvalue weighted by molar-refractivity contribution is 9.10. The predicted molar refractivity (Wildman–Crippen MR) is 82.9 cm³/mol. The van der Waals surface area contributed by atoms with Crippen LogP contribution in [-0.2, 0) is 6.54 Å². The van der Waals surface area contributed by atoms with E-state index in [2.05, 4.69) is 53.2 Å². The summed E-state index contributed by atoms with van der Waals surface area (Å²) < 4.78 is 2.69. The summed E-state index contributed by atoms with van der Waals surface area (Å²) in [6.07, 6.45) is 3.62. The largest absolute Gasteiger partial charge is 0.308 e. The van der Waals surface area contributed by atoms with Gasteiger partial charge in [0.25, 0.3) is 0 Å². The molecule has 0 radical (unpaired) electrons. The number of aromatic nitrogens is 2. The van der Waals surface area contributed by atoms with Crippen molar-refractivity contribution in [1.29, 1.82) is 0 Å². The molecule has 1 heterocycles. The molecule has 0 spiro atoms. The average molecular weight is 343 g/mol. The molecule has 1 aromatic heterocycles. The van der Waals surface area contributed by atoms with Crippen molar-refractivity contribution in [2.24, 2.45) is 0 Å². The van der Waals surface area contributed by atoms with Crippen molar-refractivity contribution in [2.75, 3.05) is 0 Å². The highest BCUT2D eigenvalue weighted by Crippen LogP contribution is 2.23. The molecule has 0 saturated heterocycles. The van der Waals surface area contributed by atoms with Crippen LogP contribution >= 0.6 is 27.5 Å². The maximum atomic E-state index is 6.32. The summed E-state index contributed by atoms with van der Waals surface area (Å²) in [5, 5.41) is 8.37. The molecule has 2 aromatic rings. The summed E-state index contributed by atoms with van der Waals surface area (Å²) in [6, 6.07) is 6.03. The van der Waals surface area contributed by atoms with Crippen LogP contribution in [0.3, 0.4) is 0 Å². The van der Waals surface area contributed by atoms with E-state index >= 15 is 0 Å². The minimum atomic E-state index is 0.0952. The molecule has 0 amide bonds. The maximum Gasteiger partial charge on any atom is 0.0832 e. The Bertz CT molecular complexity index is 572. The standard InChI is InChI=1S/C14H17BrClN3/c1-14(2,3)17-7-10-4-5-13(12(16)6-10)19-9-11(15)8-18-19/h4-6,8-9,17H,7H2,1-3H3. The minimum absolute atomic E-state index is 0.0952. The van der Waals surface area contributed by atoms with Gasteiger partial charge in [-0.1, -0.05) is 17.7 Å². The lowest BCUT2D eigenvalue weighted by molar-refractivity contribution is 0.424. The van der Waals surface area contributed by atoms with Gasteiger partial charge < -0.3 is 5.32 Å². The Hall–Kier alpha value is -0.840. The van der Waals surface area contributed by atoms with E-state index in [9.17, 15) is 0 Å². The van der Waals surface area contributed by atoms with E-state index in [-0.39, 0.29) is 5.54 Å². The van der Waals surface area contributed by atoms with Crippen molar-refractivity contribution in [3.8, 4) is 5.69 Å². The number of benzene rings is 1. The van der Waals surface area contributed by atoms with Crippen molar-refractivity contribution >= 4 is 27.5 Å². The van der Waals surface area contributed by atoms with Crippen LogP contribution in [0.4, 0.5) is 0 Å². The molecular formula is C14H17BrClN3. The summed E-state index contributed by atoms with van der Waals surface area (Å²) in [4.78, 5) is 0. The van der Waals surface area contributed by atoms with Gasteiger partial charge in [-0.2, -0.15) is 5.10 Å². The third-order valence-corrected chi connectivity index (χ3v) is 3.35. The average Bonchev–Trinajstić information content (AvgIpc) is 2.72. The van der Waals surface area contributed by atoms with Gasteiger partial charge in [-0.15, -0.1) is 0 Å². The van der Waals surface area contributed by atoms with Crippen LogP contribution in [0.25, 0.3) is 5.69 Å². The lowest BCUT2D eigenvalue weighted by Crippen LogP contribution is -2.35. The Morgan fingerprint density at radius 1 is 1.37 bits per heavy atom. The second kappa shape index (κ2) is 5.65. The molecule has 3 nitrogen and oxygen atoms in total. The molecule has 1 aromatic carbocycles. The SMILES string of the molecule is CC(C)(C)NCc1ccc(-n2cc(Br)cn2)c(Cl)c1.